The van der Waals surface area contributed by atoms with Crippen molar-refractivity contribution in [2.75, 3.05) is 13.1 Å². The number of rotatable bonds is 5. The molecule has 3 N–H and O–H groups in total. The summed E-state index contributed by atoms with van der Waals surface area (Å²) < 4.78 is 0. The summed E-state index contributed by atoms with van der Waals surface area (Å²) in [7, 11) is 0. The van der Waals surface area contributed by atoms with Gasteiger partial charge in [-0.2, -0.15) is 0 Å². The number of hydrogen-bond donors (Lipinski definition) is 3. The number of fused-ring (bicyclic) bond motifs is 1. The van der Waals surface area contributed by atoms with E-state index >= 15 is 0 Å². The van der Waals surface area contributed by atoms with Crippen LogP contribution in [-0.4, -0.2) is 23.3 Å². The van der Waals surface area contributed by atoms with Crippen LogP contribution in [-0.2, 0) is 6.42 Å². The van der Waals surface area contributed by atoms with E-state index in [1.165, 1.54) is 5.56 Å². The van der Waals surface area contributed by atoms with Gasteiger partial charge in [0.05, 0.1) is 0 Å². The Balaban J connectivity index is 2.14. The quantitative estimate of drug-likeness (QED) is 0.561. The molecule has 0 radical (unpaired) electrons. The lowest BCUT2D eigenvalue weighted by Crippen LogP contribution is -2.17. The van der Waals surface area contributed by atoms with E-state index in [1.54, 1.807) is 12.1 Å². The smallest absolute Gasteiger partial charge is 0.158 e. The Labute approximate surface area is 107 Å². The second-order valence-electron chi connectivity index (χ2n) is 4.52. The molecule has 0 bridgehead atoms. The molecular formula is C15H19NO2. The summed E-state index contributed by atoms with van der Waals surface area (Å²) in [5.41, 5.74) is 1.23. The molecule has 0 unspecified atom stereocenters. The third kappa shape index (κ3) is 2.93. The maximum Gasteiger partial charge on any atom is 0.158 e. The van der Waals surface area contributed by atoms with Gasteiger partial charge >= 0.3 is 0 Å². The minimum absolute atomic E-state index is 0.0660. The van der Waals surface area contributed by atoms with E-state index in [0.29, 0.717) is 0 Å². The van der Waals surface area contributed by atoms with Gasteiger partial charge in [-0.1, -0.05) is 25.1 Å². The van der Waals surface area contributed by atoms with E-state index in [-0.39, 0.29) is 11.5 Å². The fraction of sp³-hybridized carbons (Fsp3) is 0.333. The molecular weight excluding hydrogens is 226 g/mol. The molecule has 2 rings (SSSR count). The zero-order valence-electron chi connectivity index (χ0n) is 10.6. The number of benzene rings is 2. The van der Waals surface area contributed by atoms with Crippen molar-refractivity contribution >= 4 is 10.8 Å². The summed E-state index contributed by atoms with van der Waals surface area (Å²) in [6, 6.07) is 9.29. The zero-order chi connectivity index (χ0) is 13.0. The fourth-order valence-corrected chi connectivity index (χ4v) is 2.01. The van der Waals surface area contributed by atoms with Crippen LogP contribution in [0.1, 0.15) is 18.9 Å². The van der Waals surface area contributed by atoms with E-state index in [1.807, 2.05) is 6.07 Å². The van der Waals surface area contributed by atoms with Crippen LogP contribution in [0.3, 0.4) is 0 Å². The van der Waals surface area contributed by atoms with Crippen molar-refractivity contribution in [2.24, 2.45) is 0 Å². The summed E-state index contributed by atoms with van der Waals surface area (Å²) in [5, 5.41) is 24.2. The molecule has 96 valence electrons. The minimum Gasteiger partial charge on any atom is -0.504 e. The van der Waals surface area contributed by atoms with Crippen molar-refractivity contribution in [3.05, 3.63) is 35.9 Å². The van der Waals surface area contributed by atoms with Gasteiger partial charge in [-0.3, -0.25) is 0 Å². The van der Waals surface area contributed by atoms with Gasteiger partial charge in [0.25, 0.3) is 0 Å². The molecule has 2 aromatic carbocycles. The van der Waals surface area contributed by atoms with Crippen molar-refractivity contribution < 1.29 is 10.2 Å². The minimum atomic E-state index is -0.0696. The molecule has 0 aliphatic rings. The van der Waals surface area contributed by atoms with Crippen LogP contribution < -0.4 is 5.32 Å². The standard InChI is InChI=1S/C15H19NO2/c1-2-6-16-7-5-11-3-4-12-9-14(17)15(18)10-13(12)8-11/h3-4,8-10,16-18H,2,5-7H2,1H3. The maximum atomic E-state index is 9.49. The third-order valence-electron chi connectivity index (χ3n) is 3.02. The highest BCUT2D eigenvalue weighted by Gasteiger charge is 2.03. The first kappa shape index (κ1) is 12.7. The highest BCUT2D eigenvalue weighted by atomic mass is 16.3. The second kappa shape index (κ2) is 5.74. The molecule has 0 saturated carbocycles. The molecule has 0 aliphatic heterocycles. The molecule has 0 fully saturated rings. The van der Waals surface area contributed by atoms with Gasteiger partial charge in [0, 0.05) is 0 Å². The molecule has 0 spiro atoms. The highest BCUT2D eigenvalue weighted by Crippen LogP contribution is 2.30. The highest BCUT2D eigenvalue weighted by molar-refractivity contribution is 5.86. The molecule has 0 aliphatic carbocycles. The Kier molecular flexibility index (Phi) is 4.05. The Hall–Kier alpha value is -1.74. The Morgan fingerprint density at radius 1 is 0.944 bits per heavy atom. The van der Waals surface area contributed by atoms with Gasteiger partial charge in [-0.05, 0) is 54.4 Å². The number of phenolic OH excluding ortho intramolecular Hbond substituents is 2. The van der Waals surface area contributed by atoms with Crippen molar-refractivity contribution in [2.45, 2.75) is 19.8 Å². The topological polar surface area (TPSA) is 52.5 Å². The van der Waals surface area contributed by atoms with E-state index in [9.17, 15) is 10.2 Å². The zero-order valence-corrected chi connectivity index (χ0v) is 10.6. The van der Waals surface area contributed by atoms with Crippen LogP contribution in [0.2, 0.25) is 0 Å². The Morgan fingerprint density at radius 3 is 2.39 bits per heavy atom. The maximum absolute atomic E-state index is 9.49. The summed E-state index contributed by atoms with van der Waals surface area (Å²) in [5.74, 6) is -0.136. The van der Waals surface area contributed by atoms with Crippen LogP contribution >= 0.6 is 0 Å². The molecule has 18 heavy (non-hydrogen) atoms. The van der Waals surface area contributed by atoms with Crippen LogP contribution in [0, 0.1) is 0 Å². The summed E-state index contributed by atoms with van der Waals surface area (Å²) in [6.07, 6.45) is 2.11. The molecule has 2 aromatic rings. The molecule has 0 saturated heterocycles. The van der Waals surface area contributed by atoms with Crippen molar-refractivity contribution in [3.63, 3.8) is 0 Å². The average molecular weight is 245 g/mol. The lowest BCUT2D eigenvalue weighted by atomic mass is 10.0. The summed E-state index contributed by atoms with van der Waals surface area (Å²) >= 11 is 0. The first-order chi connectivity index (χ1) is 8.70. The van der Waals surface area contributed by atoms with Gasteiger partial charge in [0.15, 0.2) is 11.5 Å². The first-order valence-electron chi connectivity index (χ1n) is 6.36. The van der Waals surface area contributed by atoms with Gasteiger partial charge < -0.3 is 15.5 Å². The largest absolute Gasteiger partial charge is 0.504 e. The molecule has 0 amide bonds. The van der Waals surface area contributed by atoms with Gasteiger partial charge in [-0.25, -0.2) is 0 Å². The lowest BCUT2D eigenvalue weighted by molar-refractivity contribution is 0.405. The number of phenols is 2. The van der Waals surface area contributed by atoms with E-state index < -0.39 is 0 Å². The van der Waals surface area contributed by atoms with Gasteiger partial charge in [0.1, 0.15) is 0 Å². The van der Waals surface area contributed by atoms with Gasteiger partial charge in [-0.15, -0.1) is 0 Å². The second-order valence-corrected chi connectivity index (χ2v) is 4.52. The van der Waals surface area contributed by atoms with Crippen LogP contribution in [0.15, 0.2) is 30.3 Å². The van der Waals surface area contributed by atoms with Crippen molar-refractivity contribution in [1.29, 1.82) is 0 Å². The van der Waals surface area contributed by atoms with E-state index in [2.05, 4.69) is 24.4 Å². The normalized spacial score (nSPS) is 10.9. The van der Waals surface area contributed by atoms with Crippen molar-refractivity contribution in [3.8, 4) is 11.5 Å². The molecule has 0 heterocycles. The number of hydrogen-bond acceptors (Lipinski definition) is 3. The summed E-state index contributed by atoms with van der Waals surface area (Å²) in [6.45, 7) is 4.16. The van der Waals surface area contributed by atoms with E-state index in [0.717, 1.165) is 36.7 Å². The Bertz CT molecular complexity index is 537. The van der Waals surface area contributed by atoms with E-state index in [4.69, 9.17) is 0 Å². The average Bonchev–Trinajstić information content (AvgIpc) is 2.36. The van der Waals surface area contributed by atoms with Crippen molar-refractivity contribution in [1.82, 2.24) is 5.32 Å². The SMILES string of the molecule is CCCNCCc1ccc2cc(O)c(O)cc2c1. The summed E-state index contributed by atoms with van der Waals surface area (Å²) in [4.78, 5) is 0. The molecule has 0 aromatic heterocycles. The fourth-order valence-electron chi connectivity index (χ4n) is 2.01. The molecule has 3 nitrogen and oxygen atoms in total. The number of aromatic hydroxyl groups is 2. The molecule has 0 atom stereocenters. The van der Waals surface area contributed by atoms with Crippen LogP contribution in [0.5, 0.6) is 11.5 Å². The van der Waals surface area contributed by atoms with Crippen LogP contribution in [0.25, 0.3) is 10.8 Å². The number of nitrogens with one attached hydrogen (secondary N) is 1. The van der Waals surface area contributed by atoms with Crippen LogP contribution in [0.4, 0.5) is 0 Å². The van der Waals surface area contributed by atoms with Gasteiger partial charge in [0.2, 0.25) is 0 Å². The lowest BCUT2D eigenvalue weighted by Gasteiger charge is -2.06. The first-order valence-corrected chi connectivity index (χ1v) is 6.36. The third-order valence-corrected chi connectivity index (χ3v) is 3.02. The predicted octanol–water partition coefficient (Wildman–Crippen LogP) is 2.79. The molecule has 3 heteroatoms. The predicted molar refractivity (Wildman–Crippen MR) is 74.1 cm³/mol. The Morgan fingerprint density at radius 2 is 1.67 bits per heavy atom. The monoisotopic (exact) mass is 245 g/mol.